The molecular weight excluding hydrogens is 233 g/mol. The van der Waals surface area contributed by atoms with E-state index >= 15 is 0 Å². The summed E-state index contributed by atoms with van der Waals surface area (Å²) in [6.07, 6.45) is 0. The molecule has 0 saturated carbocycles. The van der Waals surface area contributed by atoms with Gasteiger partial charge in [-0.1, -0.05) is 12.1 Å². The Hall–Kier alpha value is -2.02. The zero-order valence-electron chi connectivity index (χ0n) is 7.85. The molecule has 0 spiro atoms. The van der Waals surface area contributed by atoms with E-state index in [0.29, 0.717) is 0 Å². The molecule has 0 amide bonds. The van der Waals surface area contributed by atoms with Crippen molar-refractivity contribution in [2.24, 2.45) is 0 Å². The molecule has 0 fully saturated rings. The van der Waals surface area contributed by atoms with Crippen molar-refractivity contribution in [1.29, 1.82) is 0 Å². The maximum atomic E-state index is 13.5. The number of hydrogen-bond acceptors (Lipinski definition) is 3. The molecule has 2 rings (SSSR count). The van der Waals surface area contributed by atoms with Gasteiger partial charge in [0.25, 0.3) is 0 Å². The molecule has 0 aliphatic rings. The molecule has 0 aliphatic heterocycles. The number of aromatic amines is 1. The van der Waals surface area contributed by atoms with E-state index in [4.69, 9.17) is 17.3 Å². The molecular formula is C9H6FN3O2S. The van der Waals surface area contributed by atoms with Gasteiger partial charge in [-0.05, 0) is 24.4 Å². The van der Waals surface area contributed by atoms with Crippen molar-refractivity contribution in [1.82, 2.24) is 14.8 Å². The molecule has 0 aliphatic carbocycles. The Balaban J connectivity index is 2.74. The van der Waals surface area contributed by atoms with Crippen LogP contribution in [0.3, 0.4) is 0 Å². The maximum Gasteiger partial charge on any atom is 0.374 e. The Morgan fingerprint density at radius 1 is 1.50 bits per heavy atom. The first-order chi connectivity index (χ1) is 7.61. The number of halogens is 1. The molecule has 2 N–H and O–H groups in total. The van der Waals surface area contributed by atoms with Crippen molar-refractivity contribution in [3.63, 3.8) is 0 Å². The fourth-order valence-electron chi connectivity index (χ4n) is 1.30. The number of para-hydroxylation sites is 1. The van der Waals surface area contributed by atoms with Crippen LogP contribution in [0.4, 0.5) is 4.39 Å². The second-order valence-corrected chi connectivity index (χ2v) is 3.33. The monoisotopic (exact) mass is 239 g/mol. The van der Waals surface area contributed by atoms with Crippen molar-refractivity contribution in [3.05, 3.63) is 40.7 Å². The Morgan fingerprint density at radius 2 is 2.19 bits per heavy atom. The lowest BCUT2D eigenvalue weighted by molar-refractivity contribution is 0.0681. The van der Waals surface area contributed by atoms with E-state index in [1.165, 1.54) is 18.2 Å². The maximum absolute atomic E-state index is 13.5. The number of aromatic carboxylic acids is 1. The minimum atomic E-state index is -1.28. The summed E-state index contributed by atoms with van der Waals surface area (Å²) in [4.78, 5) is 10.8. The van der Waals surface area contributed by atoms with E-state index in [1.54, 1.807) is 6.07 Å². The molecule has 0 saturated heterocycles. The first kappa shape index (κ1) is 10.5. The van der Waals surface area contributed by atoms with E-state index in [-0.39, 0.29) is 16.3 Å². The summed E-state index contributed by atoms with van der Waals surface area (Å²) in [7, 11) is 0. The molecule has 16 heavy (non-hydrogen) atoms. The van der Waals surface area contributed by atoms with Crippen LogP contribution in [0.5, 0.6) is 0 Å². The number of carboxylic acid groups (broad SMARTS) is 1. The average molecular weight is 239 g/mol. The number of hydrogen-bond donors (Lipinski definition) is 2. The summed E-state index contributed by atoms with van der Waals surface area (Å²) < 4.78 is 14.5. The number of H-pyrrole nitrogens is 1. The Morgan fingerprint density at radius 3 is 2.81 bits per heavy atom. The first-order valence-corrected chi connectivity index (χ1v) is 4.67. The third-order valence-corrected chi connectivity index (χ3v) is 2.23. The molecule has 0 bridgehead atoms. The van der Waals surface area contributed by atoms with Crippen LogP contribution in [0.2, 0.25) is 0 Å². The van der Waals surface area contributed by atoms with Crippen LogP contribution in [-0.4, -0.2) is 25.8 Å². The van der Waals surface area contributed by atoms with Gasteiger partial charge in [0.2, 0.25) is 5.82 Å². The van der Waals surface area contributed by atoms with Gasteiger partial charge in [-0.2, -0.15) is 0 Å². The number of nitrogens with one attached hydrogen (secondary N) is 1. The van der Waals surface area contributed by atoms with Gasteiger partial charge in [0, 0.05) is 0 Å². The summed E-state index contributed by atoms with van der Waals surface area (Å²) in [5.41, 5.74) is 0.0543. The van der Waals surface area contributed by atoms with E-state index in [1.807, 2.05) is 0 Å². The number of rotatable bonds is 2. The van der Waals surface area contributed by atoms with Crippen molar-refractivity contribution in [3.8, 4) is 5.69 Å². The zero-order chi connectivity index (χ0) is 11.7. The molecule has 5 nitrogen and oxygen atoms in total. The van der Waals surface area contributed by atoms with Crippen LogP contribution < -0.4 is 0 Å². The quantitative estimate of drug-likeness (QED) is 0.783. The molecule has 7 heteroatoms. The molecule has 82 valence electrons. The van der Waals surface area contributed by atoms with Gasteiger partial charge in [0.15, 0.2) is 4.77 Å². The molecule has 0 atom stereocenters. The second kappa shape index (κ2) is 3.86. The number of benzene rings is 1. The van der Waals surface area contributed by atoms with Gasteiger partial charge in [0.1, 0.15) is 5.82 Å². The van der Waals surface area contributed by atoms with Gasteiger partial charge in [-0.15, -0.1) is 5.10 Å². The lowest BCUT2D eigenvalue weighted by Gasteiger charge is -2.04. The van der Waals surface area contributed by atoms with Crippen LogP contribution in [0.1, 0.15) is 10.6 Å². The third kappa shape index (κ3) is 1.61. The second-order valence-electron chi connectivity index (χ2n) is 2.94. The van der Waals surface area contributed by atoms with Crippen LogP contribution in [0.15, 0.2) is 24.3 Å². The number of carbonyl (C=O) groups is 1. The minimum Gasteiger partial charge on any atom is -0.475 e. The molecule has 1 aromatic heterocycles. The van der Waals surface area contributed by atoms with E-state index in [0.717, 1.165) is 4.57 Å². The summed E-state index contributed by atoms with van der Waals surface area (Å²) in [5, 5.41) is 14.7. The number of aromatic nitrogens is 3. The lowest BCUT2D eigenvalue weighted by atomic mass is 10.3. The molecule has 0 unspecified atom stereocenters. The third-order valence-electron chi connectivity index (χ3n) is 1.96. The van der Waals surface area contributed by atoms with Crippen molar-refractivity contribution in [2.45, 2.75) is 0 Å². The van der Waals surface area contributed by atoms with E-state index < -0.39 is 11.8 Å². The van der Waals surface area contributed by atoms with Gasteiger partial charge in [0.05, 0.1) is 5.69 Å². The Kier molecular flexibility index (Phi) is 2.53. The zero-order valence-corrected chi connectivity index (χ0v) is 8.66. The highest BCUT2D eigenvalue weighted by Gasteiger charge is 2.16. The average Bonchev–Trinajstić information content (AvgIpc) is 2.61. The summed E-state index contributed by atoms with van der Waals surface area (Å²) >= 11 is 4.85. The molecule has 2 aromatic rings. The van der Waals surface area contributed by atoms with Gasteiger partial charge < -0.3 is 5.11 Å². The van der Waals surface area contributed by atoms with Crippen molar-refractivity contribution >= 4 is 18.2 Å². The Bertz CT molecular complexity index is 605. The SMILES string of the molecule is O=C(O)c1n[nH]c(=S)n1-c1ccccc1F. The minimum absolute atomic E-state index is 0.0301. The highest BCUT2D eigenvalue weighted by atomic mass is 32.1. The number of nitrogens with zero attached hydrogens (tertiary/aromatic N) is 2. The smallest absolute Gasteiger partial charge is 0.374 e. The van der Waals surface area contributed by atoms with E-state index in [2.05, 4.69) is 10.2 Å². The summed E-state index contributed by atoms with van der Waals surface area (Å²) in [6.45, 7) is 0. The Labute approximate surface area is 94.2 Å². The van der Waals surface area contributed by atoms with Gasteiger partial charge in [-0.25, -0.2) is 9.18 Å². The largest absolute Gasteiger partial charge is 0.475 e. The van der Waals surface area contributed by atoms with Crippen LogP contribution in [0, 0.1) is 10.6 Å². The van der Waals surface area contributed by atoms with Gasteiger partial charge in [-0.3, -0.25) is 9.67 Å². The highest BCUT2D eigenvalue weighted by molar-refractivity contribution is 7.71. The first-order valence-electron chi connectivity index (χ1n) is 4.27. The van der Waals surface area contributed by atoms with Crippen LogP contribution in [-0.2, 0) is 0 Å². The standard InChI is InChI=1S/C9H6FN3O2S/c10-5-3-1-2-4-6(5)13-7(8(14)15)11-12-9(13)16/h1-4H,(H,12,16)(H,14,15). The predicted molar refractivity (Wildman–Crippen MR) is 55.7 cm³/mol. The topological polar surface area (TPSA) is 70.9 Å². The molecule has 0 radical (unpaired) electrons. The van der Waals surface area contributed by atoms with Crippen molar-refractivity contribution in [2.75, 3.05) is 0 Å². The van der Waals surface area contributed by atoms with Crippen LogP contribution >= 0.6 is 12.2 Å². The molecule has 1 aromatic carbocycles. The number of carboxylic acids is 1. The fourth-order valence-corrected chi connectivity index (χ4v) is 1.53. The predicted octanol–water partition coefficient (Wildman–Crippen LogP) is 1.77. The fraction of sp³-hybridized carbons (Fsp3) is 0. The van der Waals surface area contributed by atoms with Crippen LogP contribution in [0.25, 0.3) is 5.69 Å². The normalized spacial score (nSPS) is 10.3. The van der Waals surface area contributed by atoms with E-state index in [9.17, 15) is 9.18 Å². The van der Waals surface area contributed by atoms with Gasteiger partial charge >= 0.3 is 5.97 Å². The molecule has 1 heterocycles. The lowest BCUT2D eigenvalue weighted by Crippen LogP contribution is -2.09. The summed E-state index contributed by atoms with van der Waals surface area (Å²) in [6, 6.07) is 5.73. The van der Waals surface area contributed by atoms with Crippen molar-refractivity contribution < 1.29 is 14.3 Å². The summed E-state index contributed by atoms with van der Waals surface area (Å²) in [5.74, 6) is -2.20. The highest BCUT2D eigenvalue weighted by Crippen LogP contribution is 2.14.